The van der Waals surface area contributed by atoms with Gasteiger partial charge in [0.15, 0.2) is 0 Å². The van der Waals surface area contributed by atoms with Gasteiger partial charge in [0.2, 0.25) is 0 Å². The van der Waals surface area contributed by atoms with Gasteiger partial charge in [-0.2, -0.15) is 0 Å². The molecule has 0 unspecified atom stereocenters. The Morgan fingerprint density at radius 1 is 1.13 bits per heavy atom. The van der Waals surface area contributed by atoms with E-state index < -0.39 is 0 Å². The number of hydrogen-bond donors (Lipinski definition) is 2. The van der Waals surface area contributed by atoms with Gasteiger partial charge < -0.3 is 20.1 Å². The van der Waals surface area contributed by atoms with Crippen LogP contribution in [-0.2, 0) is 6.54 Å². The lowest BCUT2D eigenvalue weighted by Gasteiger charge is -2.18. The number of amides is 2. The van der Waals surface area contributed by atoms with Crippen LogP contribution in [0.1, 0.15) is 11.1 Å². The van der Waals surface area contributed by atoms with E-state index in [-0.39, 0.29) is 12.6 Å². The van der Waals surface area contributed by atoms with Crippen LogP contribution in [0.3, 0.4) is 0 Å². The van der Waals surface area contributed by atoms with Crippen LogP contribution in [0.2, 0.25) is 0 Å². The first-order chi connectivity index (χ1) is 11.1. The molecule has 0 radical (unpaired) electrons. The molecule has 2 amide bonds. The second kappa shape index (κ2) is 8.19. The zero-order chi connectivity index (χ0) is 16.7. The molecule has 0 atom stereocenters. The number of rotatable bonds is 6. The van der Waals surface area contributed by atoms with Gasteiger partial charge in [-0.15, -0.1) is 0 Å². The van der Waals surface area contributed by atoms with E-state index in [1.54, 1.807) is 7.05 Å². The van der Waals surface area contributed by atoms with Gasteiger partial charge in [0.05, 0.1) is 6.61 Å². The summed E-state index contributed by atoms with van der Waals surface area (Å²) in [4.78, 5) is 13.3. The van der Waals surface area contributed by atoms with Crippen LogP contribution in [0.4, 0.5) is 4.79 Å². The van der Waals surface area contributed by atoms with E-state index in [1.165, 1.54) is 4.90 Å². The monoisotopic (exact) mass is 314 g/mol. The molecule has 23 heavy (non-hydrogen) atoms. The standard InChI is InChI=1S/C18H22N2O3/c1-14-7-3-5-9-16(14)23-17-10-6-4-8-15(17)13-19-18(22)20(2)11-12-21/h3-10,21H,11-13H2,1-2H3,(H,19,22). The molecule has 2 N–H and O–H groups in total. The first-order valence-corrected chi connectivity index (χ1v) is 7.53. The summed E-state index contributed by atoms with van der Waals surface area (Å²) in [6, 6.07) is 15.2. The maximum atomic E-state index is 11.9. The van der Waals surface area contributed by atoms with Crippen LogP contribution in [0.5, 0.6) is 11.5 Å². The maximum Gasteiger partial charge on any atom is 0.317 e. The Morgan fingerprint density at radius 3 is 2.48 bits per heavy atom. The number of aliphatic hydroxyl groups is 1. The fourth-order valence-electron chi connectivity index (χ4n) is 2.10. The van der Waals surface area contributed by atoms with Gasteiger partial charge in [-0.3, -0.25) is 0 Å². The predicted molar refractivity (Wildman–Crippen MR) is 89.6 cm³/mol. The van der Waals surface area contributed by atoms with Crippen molar-refractivity contribution < 1.29 is 14.6 Å². The van der Waals surface area contributed by atoms with E-state index in [1.807, 2.05) is 55.5 Å². The fourth-order valence-corrected chi connectivity index (χ4v) is 2.10. The van der Waals surface area contributed by atoms with E-state index >= 15 is 0 Å². The number of benzene rings is 2. The molecule has 0 fully saturated rings. The van der Waals surface area contributed by atoms with Gasteiger partial charge >= 0.3 is 6.03 Å². The highest BCUT2D eigenvalue weighted by Gasteiger charge is 2.10. The van der Waals surface area contributed by atoms with Crippen LogP contribution >= 0.6 is 0 Å². The minimum absolute atomic E-state index is 0.0586. The number of carbonyl (C=O) groups is 1. The molecule has 122 valence electrons. The molecular formula is C18H22N2O3. The number of carbonyl (C=O) groups excluding carboxylic acids is 1. The number of likely N-dealkylation sites (N-methyl/N-ethyl adjacent to an activating group) is 1. The largest absolute Gasteiger partial charge is 0.457 e. The average molecular weight is 314 g/mol. The van der Waals surface area contributed by atoms with Crippen molar-refractivity contribution in [1.29, 1.82) is 0 Å². The molecular weight excluding hydrogens is 292 g/mol. The lowest BCUT2D eigenvalue weighted by Crippen LogP contribution is -2.38. The molecule has 0 aromatic heterocycles. The third kappa shape index (κ3) is 4.72. The lowest BCUT2D eigenvalue weighted by atomic mass is 10.2. The zero-order valence-electron chi connectivity index (χ0n) is 13.5. The van der Waals surface area contributed by atoms with Gasteiger partial charge in [-0.05, 0) is 24.6 Å². The van der Waals surface area contributed by atoms with Crippen molar-refractivity contribution in [2.75, 3.05) is 20.2 Å². The van der Waals surface area contributed by atoms with Gasteiger partial charge in [0.25, 0.3) is 0 Å². The summed E-state index contributed by atoms with van der Waals surface area (Å²) in [5.41, 5.74) is 1.94. The van der Waals surface area contributed by atoms with Gasteiger partial charge in [-0.1, -0.05) is 36.4 Å². The Morgan fingerprint density at radius 2 is 1.78 bits per heavy atom. The Hall–Kier alpha value is -2.53. The van der Waals surface area contributed by atoms with E-state index in [2.05, 4.69) is 5.32 Å². The Bertz CT molecular complexity index is 658. The third-order valence-corrected chi connectivity index (χ3v) is 3.50. The molecule has 0 heterocycles. The predicted octanol–water partition coefficient (Wildman–Crippen LogP) is 2.92. The van der Waals surface area contributed by atoms with Crippen molar-refractivity contribution in [3.8, 4) is 11.5 Å². The maximum absolute atomic E-state index is 11.9. The Kier molecular flexibility index (Phi) is 6.00. The molecule has 5 heteroatoms. The number of para-hydroxylation sites is 2. The topological polar surface area (TPSA) is 61.8 Å². The SMILES string of the molecule is Cc1ccccc1Oc1ccccc1CNC(=O)N(C)CCO. The number of aliphatic hydroxyl groups excluding tert-OH is 1. The number of ether oxygens (including phenoxy) is 1. The molecule has 0 bridgehead atoms. The number of hydrogen-bond acceptors (Lipinski definition) is 3. The molecule has 2 aromatic carbocycles. The minimum Gasteiger partial charge on any atom is -0.457 e. The minimum atomic E-state index is -0.232. The van der Waals surface area contributed by atoms with Crippen LogP contribution in [0.25, 0.3) is 0 Å². The lowest BCUT2D eigenvalue weighted by molar-refractivity contribution is 0.190. The van der Waals surface area contributed by atoms with Crippen molar-refractivity contribution >= 4 is 6.03 Å². The molecule has 0 saturated heterocycles. The summed E-state index contributed by atoms with van der Waals surface area (Å²) in [7, 11) is 1.64. The molecule has 0 aliphatic heterocycles. The normalized spacial score (nSPS) is 10.2. The first kappa shape index (κ1) is 16.8. The summed E-state index contributed by atoms with van der Waals surface area (Å²) in [6.07, 6.45) is 0. The van der Waals surface area contributed by atoms with Gasteiger partial charge in [-0.25, -0.2) is 4.79 Å². The van der Waals surface area contributed by atoms with Crippen LogP contribution in [0.15, 0.2) is 48.5 Å². The number of aryl methyl sites for hydroxylation is 1. The molecule has 2 aromatic rings. The van der Waals surface area contributed by atoms with Crippen molar-refractivity contribution in [3.05, 3.63) is 59.7 Å². The molecule has 0 aliphatic rings. The van der Waals surface area contributed by atoms with Gasteiger partial charge in [0, 0.05) is 25.7 Å². The Labute approximate surface area is 136 Å². The van der Waals surface area contributed by atoms with E-state index in [4.69, 9.17) is 9.84 Å². The molecule has 0 saturated carbocycles. The van der Waals surface area contributed by atoms with Crippen molar-refractivity contribution in [3.63, 3.8) is 0 Å². The zero-order valence-corrected chi connectivity index (χ0v) is 13.5. The second-order valence-corrected chi connectivity index (χ2v) is 5.28. The third-order valence-electron chi connectivity index (χ3n) is 3.50. The molecule has 2 rings (SSSR count). The Balaban J connectivity index is 2.06. The second-order valence-electron chi connectivity index (χ2n) is 5.28. The van der Waals surface area contributed by atoms with Crippen molar-refractivity contribution in [1.82, 2.24) is 10.2 Å². The highest BCUT2D eigenvalue weighted by atomic mass is 16.5. The van der Waals surface area contributed by atoms with Crippen LogP contribution in [0, 0.1) is 6.92 Å². The summed E-state index contributed by atoms with van der Waals surface area (Å²) in [5, 5.41) is 11.7. The number of nitrogens with zero attached hydrogens (tertiary/aromatic N) is 1. The van der Waals surface area contributed by atoms with Gasteiger partial charge in [0.1, 0.15) is 11.5 Å². The quantitative estimate of drug-likeness (QED) is 0.862. The molecule has 0 aliphatic carbocycles. The van der Waals surface area contributed by atoms with E-state index in [9.17, 15) is 4.79 Å². The van der Waals surface area contributed by atoms with Crippen molar-refractivity contribution in [2.24, 2.45) is 0 Å². The van der Waals surface area contributed by atoms with Crippen LogP contribution < -0.4 is 10.1 Å². The summed E-state index contributed by atoms with van der Waals surface area (Å²) in [5.74, 6) is 1.51. The summed E-state index contributed by atoms with van der Waals surface area (Å²) >= 11 is 0. The van der Waals surface area contributed by atoms with Crippen molar-refractivity contribution in [2.45, 2.75) is 13.5 Å². The summed E-state index contributed by atoms with van der Waals surface area (Å²) in [6.45, 7) is 2.59. The van der Waals surface area contributed by atoms with Crippen LogP contribution in [-0.4, -0.2) is 36.2 Å². The highest BCUT2D eigenvalue weighted by Crippen LogP contribution is 2.27. The number of nitrogens with one attached hydrogen (secondary N) is 1. The molecule has 0 spiro atoms. The first-order valence-electron chi connectivity index (χ1n) is 7.53. The fraction of sp³-hybridized carbons (Fsp3) is 0.278. The highest BCUT2D eigenvalue weighted by molar-refractivity contribution is 5.73. The smallest absolute Gasteiger partial charge is 0.317 e. The van der Waals surface area contributed by atoms with E-state index in [0.29, 0.717) is 18.8 Å². The molecule has 5 nitrogen and oxygen atoms in total. The average Bonchev–Trinajstić information content (AvgIpc) is 2.56. The van der Waals surface area contributed by atoms with E-state index in [0.717, 1.165) is 16.9 Å². The summed E-state index contributed by atoms with van der Waals surface area (Å²) < 4.78 is 5.98. The number of urea groups is 1.